The van der Waals surface area contributed by atoms with Crippen molar-refractivity contribution in [2.75, 3.05) is 7.05 Å². The van der Waals surface area contributed by atoms with E-state index < -0.39 is 0 Å². The summed E-state index contributed by atoms with van der Waals surface area (Å²) in [6.45, 7) is 0. The summed E-state index contributed by atoms with van der Waals surface area (Å²) in [5, 5.41) is 12.2. The predicted molar refractivity (Wildman–Crippen MR) is 40.0 cm³/mol. The van der Waals surface area contributed by atoms with E-state index in [1.165, 1.54) is 6.42 Å². The van der Waals surface area contributed by atoms with Crippen LogP contribution in [0.3, 0.4) is 0 Å². The SMILES string of the molecule is CNC1CCCC1O.Cl. The first kappa shape index (κ1) is 9.21. The van der Waals surface area contributed by atoms with Crippen molar-refractivity contribution in [3.63, 3.8) is 0 Å². The number of likely N-dealkylation sites (N-methyl/N-ethyl adjacent to an activating group) is 1. The molecule has 0 saturated heterocycles. The Hall–Kier alpha value is 0.210. The van der Waals surface area contributed by atoms with Crippen molar-refractivity contribution in [2.45, 2.75) is 31.4 Å². The van der Waals surface area contributed by atoms with E-state index in [0.29, 0.717) is 6.04 Å². The van der Waals surface area contributed by atoms with Gasteiger partial charge in [-0.15, -0.1) is 12.4 Å². The van der Waals surface area contributed by atoms with Gasteiger partial charge in [-0.1, -0.05) is 0 Å². The van der Waals surface area contributed by atoms with E-state index in [2.05, 4.69) is 5.32 Å². The Kier molecular flexibility index (Phi) is 4.19. The highest BCUT2D eigenvalue weighted by molar-refractivity contribution is 5.85. The minimum atomic E-state index is -0.0833. The van der Waals surface area contributed by atoms with Crippen LogP contribution in [0.25, 0.3) is 0 Å². The molecule has 56 valence electrons. The summed E-state index contributed by atoms with van der Waals surface area (Å²) in [6.07, 6.45) is 3.20. The van der Waals surface area contributed by atoms with Gasteiger partial charge in [-0.05, 0) is 26.3 Å². The smallest absolute Gasteiger partial charge is 0.0693 e. The fourth-order valence-electron chi connectivity index (χ4n) is 1.28. The number of hydrogen-bond donors (Lipinski definition) is 2. The molecule has 0 aromatic heterocycles. The Morgan fingerprint density at radius 2 is 2.11 bits per heavy atom. The zero-order chi connectivity index (χ0) is 5.98. The van der Waals surface area contributed by atoms with Gasteiger partial charge in [0.15, 0.2) is 0 Å². The molecule has 0 aromatic carbocycles. The average molecular weight is 152 g/mol. The Bertz CT molecular complexity index is 79.5. The van der Waals surface area contributed by atoms with Crippen LogP contribution in [0.15, 0.2) is 0 Å². The van der Waals surface area contributed by atoms with E-state index in [-0.39, 0.29) is 18.5 Å². The summed E-state index contributed by atoms with van der Waals surface area (Å²) in [5.74, 6) is 0. The van der Waals surface area contributed by atoms with Gasteiger partial charge in [0.25, 0.3) is 0 Å². The predicted octanol–water partition coefficient (Wildman–Crippen LogP) is 0.541. The highest BCUT2D eigenvalue weighted by atomic mass is 35.5. The standard InChI is InChI=1S/C6H13NO.ClH/c1-7-5-3-2-4-6(5)8;/h5-8H,2-4H2,1H3;1H. The lowest BCUT2D eigenvalue weighted by Gasteiger charge is -2.11. The van der Waals surface area contributed by atoms with Gasteiger partial charge in [-0.25, -0.2) is 0 Å². The summed E-state index contributed by atoms with van der Waals surface area (Å²) in [4.78, 5) is 0. The molecule has 2 atom stereocenters. The fourth-order valence-corrected chi connectivity index (χ4v) is 1.28. The molecule has 1 saturated carbocycles. The fraction of sp³-hybridized carbons (Fsp3) is 1.00. The molecule has 1 rings (SSSR count). The van der Waals surface area contributed by atoms with Crippen LogP contribution in [-0.2, 0) is 0 Å². The maximum absolute atomic E-state index is 9.13. The maximum Gasteiger partial charge on any atom is 0.0693 e. The van der Waals surface area contributed by atoms with Crippen molar-refractivity contribution in [1.82, 2.24) is 5.32 Å². The maximum atomic E-state index is 9.13. The molecule has 9 heavy (non-hydrogen) atoms. The summed E-state index contributed by atoms with van der Waals surface area (Å²) in [6, 6.07) is 0.370. The Morgan fingerprint density at radius 1 is 1.44 bits per heavy atom. The summed E-state index contributed by atoms with van der Waals surface area (Å²) in [5.41, 5.74) is 0. The van der Waals surface area contributed by atoms with Gasteiger partial charge in [0, 0.05) is 6.04 Å². The summed E-state index contributed by atoms with van der Waals surface area (Å²) >= 11 is 0. The van der Waals surface area contributed by atoms with Crippen LogP contribution in [-0.4, -0.2) is 24.3 Å². The number of halogens is 1. The largest absolute Gasteiger partial charge is 0.392 e. The van der Waals surface area contributed by atoms with Crippen LogP contribution in [0.2, 0.25) is 0 Å². The third-order valence-corrected chi connectivity index (χ3v) is 1.85. The van der Waals surface area contributed by atoms with Gasteiger partial charge in [0.2, 0.25) is 0 Å². The quantitative estimate of drug-likeness (QED) is 0.574. The van der Waals surface area contributed by atoms with Crippen LogP contribution >= 0.6 is 12.4 Å². The molecule has 0 radical (unpaired) electrons. The minimum absolute atomic E-state index is 0. The van der Waals surface area contributed by atoms with Gasteiger partial charge in [0.1, 0.15) is 0 Å². The first-order valence-corrected chi connectivity index (χ1v) is 3.20. The molecular weight excluding hydrogens is 138 g/mol. The molecule has 2 N–H and O–H groups in total. The van der Waals surface area contributed by atoms with Crippen molar-refractivity contribution in [2.24, 2.45) is 0 Å². The van der Waals surface area contributed by atoms with E-state index in [9.17, 15) is 0 Å². The molecule has 2 nitrogen and oxygen atoms in total. The monoisotopic (exact) mass is 151 g/mol. The molecule has 1 fully saturated rings. The zero-order valence-electron chi connectivity index (χ0n) is 5.63. The Balaban J connectivity index is 0.000000640. The van der Waals surface area contributed by atoms with E-state index in [1.807, 2.05) is 7.05 Å². The topological polar surface area (TPSA) is 32.3 Å². The molecule has 0 spiro atoms. The molecule has 1 aliphatic carbocycles. The highest BCUT2D eigenvalue weighted by Gasteiger charge is 2.22. The molecule has 0 aliphatic heterocycles. The normalized spacial score (nSPS) is 34.0. The lowest BCUT2D eigenvalue weighted by Crippen LogP contribution is -2.32. The number of nitrogens with one attached hydrogen (secondary N) is 1. The van der Waals surface area contributed by atoms with Crippen LogP contribution in [0, 0.1) is 0 Å². The van der Waals surface area contributed by atoms with Crippen LogP contribution in [0.5, 0.6) is 0 Å². The second kappa shape index (κ2) is 4.09. The van der Waals surface area contributed by atoms with Crippen molar-refractivity contribution in [3.05, 3.63) is 0 Å². The third-order valence-electron chi connectivity index (χ3n) is 1.85. The highest BCUT2D eigenvalue weighted by Crippen LogP contribution is 2.17. The van der Waals surface area contributed by atoms with Crippen LogP contribution in [0.1, 0.15) is 19.3 Å². The molecule has 0 heterocycles. The Morgan fingerprint density at radius 3 is 2.33 bits per heavy atom. The first-order valence-electron chi connectivity index (χ1n) is 3.20. The summed E-state index contributed by atoms with van der Waals surface area (Å²) < 4.78 is 0. The zero-order valence-corrected chi connectivity index (χ0v) is 6.45. The average Bonchev–Trinajstić information content (AvgIpc) is 2.14. The molecule has 0 aromatic rings. The lowest BCUT2D eigenvalue weighted by molar-refractivity contribution is 0.153. The van der Waals surface area contributed by atoms with Crippen molar-refractivity contribution in [3.8, 4) is 0 Å². The minimum Gasteiger partial charge on any atom is -0.392 e. The molecule has 0 bridgehead atoms. The lowest BCUT2D eigenvalue weighted by atomic mass is 10.2. The van der Waals surface area contributed by atoms with E-state index in [0.717, 1.165) is 12.8 Å². The number of aliphatic hydroxyl groups is 1. The molecule has 2 unspecified atom stereocenters. The summed E-state index contributed by atoms with van der Waals surface area (Å²) in [7, 11) is 1.90. The van der Waals surface area contributed by atoms with E-state index >= 15 is 0 Å². The van der Waals surface area contributed by atoms with Crippen molar-refractivity contribution < 1.29 is 5.11 Å². The third kappa shape index (κ3) is 2.12. The van der Waals surface area contributed by atoms with Gasteiger partial charge >= 0.3 is 0 Å². The van der Waals surface area contributed by atoms with Crippen LogP contribution in [0.4, 0.5) is 0 Å². The second-order valence-corrected chi connectivity index (χ2v) is 2.39. The van der Waals surface area contributed by atoms with Gasteiger partial charge < -0.3 is 10.4 Å². The van der Waals surface area contributed by atoms with Gasteiger partial charge in [-0.2, -0.15) is 0 Å². The Labute approximate surface area is 62.1 Å². The number of aliphatic hydroxyl groups excluding tert-OH is 1. The molecule has 3 heteroatoms. The molecular formula is C6H14ClNO. The van der Waals surface area contributed by atoms with Crippen LogP contribution < -0.4 is 5.32 Å². The van der Waals surface area contributed by atoms with Gasteiger partial charge in [-0.3, -0.25) is 0 Å². The first-order chi connectivity index (χ1) is 3.84. The van der Waals surface area contributed by atoms with E-state index in [1.54, 1.807) is 0 Å². The van der Waals surface area contributed by atoms with E-state index in [4.69, 9.17) is 5.11 Å². The van der Waals surface area contributed by atoms with Gasteiger partial charge in [0.05, 0.1) is 6.10 Å². The van der Waals surface area contributed by atoms with Crippen molar-refractivity contribution >= 4 is 12.4 Å². The number of rotatable bonds is 1. The van der Waals surface area contributed by atoms with Crippen molar-refractivity contribution in [1.29, 1.82) is 0 Å². The molecule has 1 aliphatic rings. The molecule has 0 amide bonds. The number of hydrogen-bond acceptors (Lipinski definition) is 2. The second-order valence-electron chi connectivity index (χ2n) is 2.39.